The molecular formula is C7H6Cl3NO2. The highest BCUT2D eigenvalue weighted by Gasteiger charge is 2.10. The van der Waals surface area contributed by atoms with Crippen molar-refractivity contribution in [3.8, 4) is 5.88 Å². The molecule has 0 unspecified atom stereocenters. The molecule has 0 amide bonds. The van der Waals surface area contributed by atoms with Crippen molar-refractivity contribution in [2.45, 2.75) is 0 Å². The van der Waals surface area contributed by atoms with Gasteiger partial charge in [0.15, 0.2) is 0 Å². The van der Waals surface area contributed by atoms with Gasteiger partial charge in [-0.25, -0.2) is 4.98 Å². The predicted octanol–water partition coefficient (Wildman–Crippen LogP) is 2.54. The number of aromatic nitrogens is 1. The number of ether oxygens (including phenoxy) is 1. The van der Waals surface area contributed by atoms with Crippen LogP contribution >= 0.6 is 35.6 Å². The summed E-state index contributed by atoms with van der Waals surface area (Å²) in [4.78, 5) is 14.5. The number of hydrogen-bond acceptors (Lipinski definition) is 3. The SMILES string of the molecule is COc1nc(Cl)ccc1C(=O)Cl.Cl. The van der Waals surface area contributed by atoms with E-state index in [0.29, 0.717) is 0 Å². The minimum atomic E-state index is -0.615. The molecule has 0 aromatic carbocycles. The van der Waals surface area contributed by atoms with Gasteiger partial charge in [-0.15, -0.1) is 12.4 Å². The van der Waals surface area contributed by atoms with E-state index in [2.05, 4.69) is 4.98 Å². The molecule has 1 rings (SSSR count). The van der Waals surface area contributed by atoms with Crippen molar-refractivity contribution >= 4 is 40.9 Å². The van der Waals surface area contributed by atoms with Gasteiger partial charge in [0.1, 0.15) is 5.15 Å². The van der Waals surface area contributed by atoms with Gasteiger partial charge in [-0.05, 0) is 23.7 Å². The van der Waals surface area contributed by atoms with Gasteiger partial charge in [-0.3, -0.25) is 4.79 Å². The number of hydrogen-bond donors (Lipinski definition) is 0. The highest BCUT2D eigenvalue weighted by atomic mass is 35.5. The number of rotatable bonds is 2. The summed E-state index contributed by atoms with van der Waals surface area (Å²) in [5, 5.41) is -0.357. The van der Waals surface area contributed by atoms with Crippen molar-refractivity contribution in [1.29, 1.82) is 0 Å². The molecule has 0 N–H and O–H groups in total. The molecule has 0 spiro atoms. The fourth-order valence-electron chi connectivity index (χ4n) is 0.723. The fraction of sp³-hybridized carbons (Fsp3) is 0.143. The average Bonchev–Trinajstić information content (AvgIpc) is 2.03. The molecule has 0 aliphatic rings. The lowest BCUT2D eigenvalue weighted by Gasteiger charge is -2.02. The topological polar surface area (TPSA) is 39.2 Å². The Morgan fingerprint density at radius 3 is 2.62 bits per heavy atom. The molecule has 0 fully saturated rings. The lowest BCUT2D eigenvalue weighted by Crippen LogP contribution is -1.97. The second-order valence-corrected chi connectivity index (χ2v) is 2.70. The summed E-state index contributed by atoms with van der Waals surface area (Å²) in [6, 6.07) is 2.93. The summed E-state index contributed by atoms with van der Waals surface area (Å²) in [5.74, 6) is 0.141. The maximum atomic E-state index is 10.7. The molecule has 0 aliphatic carbocycles. The van der Waals surface area contributed by atoms with Crippen LogP contribution in [0.5, 0.6) is 5.88 Å². The summed E-state index contributed by atoms with van der Waals surface area (Å²) in [6.45, 7) is 0. The van der Waals surface area contributed by atoms with E-state index in [4.69, 9.17) is 27.9 Å². The van der Waals surface area contributed by atoms with Crippen LogP contribution in [-0.2, 0) is 0 Å². The quantitative estimate of drug-likeness (QED) is 0.591. The molecule has 0 saturated heterocycles. The molecule has 0 saturated carbocycles. The van der Waals surface area contributed by atoms with Gasteiger partial charge in [0, 0.05) is 0 Å². The predicted molar refractivity (Wildman–Crippen MR) is 53.2 cm³/mol. The molecule has 0 bridgehead atoms. The fourth-order valence-corrected chi connectivity index (χ4v) is 1.01. The van der Waals surface area contributed by atoms with E-state index >= 15 is 0 Å². The summed E-state index contributed by atoms with van der Waals surface area (Å²) >= 11 is 10.8. The number of nitrogens with zero attached hydrogens (tertiary/aromatic N) is 1. The number of carbonyl (C=O) groups excluding carboxylic acids is 1. The van der Waals surface area contributed by atoms with Crippen molar-refractivity contribution in [2.75, 3.05) is 7.11 Å². The van der Waals surface area contributed by atoms with Gasteiger partial charge in [-0.2, -0.15) is 0 Å². The van der Waals surface area contributed by atoms with E-state index in [1.807, 2.05) is 0 Å². The Morgan fingerprint density at radius 2 is 2.15 bits per heavy atom. The van der Waals surface area contributed by atoms with Crippen LogP contribution in [0.4, 0.5) is 0 Å². The highest BCUT2D eigenvalue weighted by Crippen LogP contribution is 2.19. The van der Waals surface area contributed by atoms with Crippen LogP contribution < -0.4 is 4.74 Å². The maximum Gasteiger partial charge on any atom is 0.257 e. The van der Waals surface area contributed by atoms with E-state index in [9.17, 15) is 4.79 Å². The Bertz CT molecular complexity index is 317. The third-order valence-corrected chi connectivity index (χ3v) is 1.65. The minimum Gasteiger partial charge on any atom is -0.480 e. The first kappa shape index (κ1) is 12.5. The average molecular weight is 242 g/mol. The summed E-state index contributed by atoms with van der Waals surface area (Å²) in [5.41, 5.74) is 0.212. The smallest absolute Gasteiger partial charge is 0.257 e. The van der Waals surface area contributed by atoms with Crippen LogP contribution in [0.2, 0.25) is 5.15 Å². The molecule has 3 nitrogen and oxygen atoms in total. The number of carbonyl (C=O) groups is 1. The van der Waals surface area contributed by atoms with Crippen molar-refractivity contribution < 1.29 is 9.53 Å². The van der Waals surface area contributed by atoms with Gasteiger partial charge in [0.05, 0.1) is 12.7 Å². The lowest BCUT2D eigenvalue weighted by atomic mass is 10.3. The van der Waals surface area contributed by atoms with Gasteiger partial charge in [0.25, 0.3) is 5.24 Å². The van der Waals surface area contributed by atoms with Crippen LogP contribution in [0.3, 0.4) is 0 Å². The molecule has 72 valence electrons. The Hall–Kier alpha value is -0.510. The maximum absolute atomic E-state index is 10.7. The van der Waals surface area contributed by atoms with Crippen LogP contribution in [0, 0.1) is 0 Å². The second kappa shape index (κ2) is 5.27. The van der Waals surface area contributed by atoms with Gasteiger partial charge >= 0.3 is 0 Å². The lowest BCUT2D eigenvalue weighted by molar-refractivity contribution is 0.107. The van der Waals surface area contributed by atoms with Crippen LogP contribution in [0.25, 0.3) is 0 Å². The third kappa shape index (κ3) is 3.03. The molecular weight excluding hydrogens is 236 g/mol. The number of pyridine rings is 1. The molecule has 13 heavy (non-hydrogen) atoms. The Kier molecular flexibility index (Phi) is 5.06. The Balaban J connectivity index is 0.00000144. The summed E-state index contributed by atoms with van der Waals surface area (Å²) in [7, 11) is 1.39. The van der Waals surface area contributed by atoms with E-state index in [-0.39, 0.29) is 29.0 Å². The van der Waals surface area contributed by atoms with Gasteiger partial charge < -0.3 is 4.74 Å². The minimum absolute atomic E-state index is 0. The zero-order valence-electron chi connectivity index (χ0n) is 6.58. The van der Waals surface area contributed by atoms with E-state index in [1.54, 1.807) is 0 Å². The molecule has 0 radical (unpaired) electrons. The van der Waals surface area contributed by atoms with Gasteiger partial charge in [-0.1, -0.05) is 11.6 Å². The second-order valence-electron chi connectivity index (χ2n) is 1.96. The Labute approximate surface area is 91.4 Å². The summed E-state index contributed by atoms with van der Waals surface area (Å²) < 4.78 is 4.79. The van der Waals surface area contributed by atoms with Crippen molar-refractivity contribution in [3.05, 3.63) is 22.8 Å². The van der Waals surface area contributed by atoms with E-state index in [1.165, 1.54) is 19.2 Å². The van der Waals surface area contributed by atoms with Crippen LogP contribution in [0.15, 0.2) is 12.1 Å². The van der Waals surface area contributed by atoms with E-state index in [0.717, 1.165) is 0 Å². The van der Waals surface area contributed by atoms with Crippen molar-refractivity contribution in [3.63, 3.8) is 0 Å². The number of halogens is 3. The molecule has 0 aliphatic heterocycles. The van der Waals surface area contributed by atoms with E-state index < -0.39 is 5.24 Å². The molecule has 1 aromatic heterocycles. The first-order valence-corrected chi connectivity index (χ1v) is 3.81. The van der Waals surface area contributed by atoms with Crippen LogP contribution in [-0.4, -0.2) is 17.3 Å². The standard InChI is InChI=1S/C7H5Cl2NO2.ClH/c1-12-7-4(6(9)11)2-3-5(8)10-7;/h2-3H,1H3;1H. The van der Waals surface area contributed by atoms with Crippen LogP contribution in [0.1, 0.15) is 10.4 Å². The monoisotopic (exact) mass is 241 g/mol. The zero-order valence-corrected chi connectivity index (χ0v) is 8.91. The van der Waals surface area contributed by atoms with Crippen molar-refractivity contribution in [2.24, 2.45) is 0 Å². The number of methoxy groups -OCH3 is 1. The van der Waals surface area contributed by atoms with Crippen molar-refractivity contribution in [1.82, 2.24) is 4.98 Å². The van der Waals surface area contributed by atoms with Gasteiger partial charge in [0.2, 0.25) is 5.88 Å². The highest BCUT2D eigenvalue weighted by molar-refractivity contribution is 6.68. The first-order chi connectivity index (χ1) is 5.65. The molecule has 0 atom stereocenters. The molecule has 6 heteroatoms. The normalized spacial score (nSPS) is 8.85. The largest absolute Gasteiger partial charge is 0.480 e. The molecule has 1 aromatic rings. The first-order valence-electron chi connectivity index (χ1n) is 3.05. The molecule has 1 heterocycles. The summed E-state index contributed by atoms with van der Waals surface area (Å²) in [6.07, 6.45) is 0. The zero-order chi connectivity index (χ0) is 9.14. The Morgan fingerprint density at radius 1 is 1.54 bits per heavy atom. The third-order valence-electron chi connectivity index (χ3n) is 1.23.